The van der Waals surface area contributed by atoms with Gasteiger partial charge < -0.3 is 19.9 Å². The summed E-state index contributed by atoms with van der Waals surface area (Å²) in [7, 11) is 0. The van der Waals surface area contributed by atoms with Crippen molar-refractivity contribution < 1.29 is 19.1 Å². The molecule has 0 aromatic heterocycles. The van der Waals surface area contributed by atoms with Crippen LogP contribution in [-0.2, 0) is 14.3 Å². The number of nitrogens with zero attached hydrogens (tertiary/aromatic N) is 2. The predicted octanol–water partition coefficient (Wildman–Crippen LogP) is 3.71. The van der Waals surface area contributed by atoms with E-state index in [0.29, 0.717) is 32.6 Å². The van der Waals surface area contributed by atoms with Gasteiger partial charge in [-0.25, -0.2) is 4.79 Å². The maximum absolute atomic E-state index is 13.2. The molecule has 1 heterocycles. The van der Waals surface area contributed by atoms with E-state index in [9.17, 15) is 14.4 Å². The molecule has 0 aromatic carbocycles. The van der Waals surface area contributed by atoms with E-state index in [0.717, 1.165) is 44.9 Å². The van der Waals surface area contributed by atoms with Crippen molar-refractivity contribution in [3.8, 4) is 0 Å². The minimum Gasteiger partial charge on any atom is -0.444 e. The molecular weight excluding hydrogens is 382 g/mol. The van der Waals surface area contributed by atoms with Crippen LogP contribution < -0.4 is 5.32 Å². The Balaban J connectivity index is 1.91. The number of nitrogens with one attached hydrogen (secondary N) is 1. The standard InChI is InChI=1S/C23H41N3O4/c1-6-25(7-2)20(28)23(13-9-8-10-14-23)24-19(27)17-18-11-15-26(16-12-18)21(29)30-22(3,4)5/h18H,6-17H2,1-5H3,(H,24,27). The summed E-state index contributed by atoms with van der Waals surface area (Å²) in [6.45, 7) is 12.1. The molecule has 0 bridgehead atoms. The van der Waals surface area contributed by atoms with Gasteiger partial charge in [0.15, 0.2) is 0 Å². The third-order valence-electron chi connectivity index (χ3n) is 6.29. The molecule has 2 rings (SSSR count). The molecule has 0 radical (unpaired) electrons. The fraction of sp³-hybridized carbons (Fsp3) is 0.870. The van der Waals surface area contributed by atoms with Crippen molar-refractivity contribution in [2.24, 2.45) is 5.92 Å². The molecule has 1 aliphatic carbocycles. The van der Waals surface area contributed by atoms with E-state index in [1.165, 1.54) is 0 Å². The van der Waals surface area contributed by atoms with Gasteiger partial charge in [0, 0.05) is 32.6 Å². The van der Waals surface area contributed by atoms with Gasteiger partial charge in [-0.2, -0.15) is 0 Å². The number of rotatable bonds is 6. The second-order valence-corrected chi connectivity index (χ2v) is 9.78. The van der Waals surface area contributed by atoms with Crippen LogP contribution in [0.4, 0.5) is 4.79 Å². The lowest BCUT2D eigenvalue weighted by atomic mass is 9.80. The maximum Gasteiger partial charge on any atom is 0.410 e. The van der Waals surface area contributed by atoms with Gasteiger partial charge in [-0.15, -0.1) is 0 Å². The van der Waals surface area contributed by atoms with Crippen LogP contribution in [0.15, 0.2) is 0 Å². The second-order valence-electron chi connectivity index (χ2n) is 9.78. The Morgan fingerprint density at radius 3 is 2.10 bits per heavy atom. The predicted molar refractivity (Wildman–Crippen MR) is 117 cm³/mol. The molecule has 1 saturated heterocycles. The summed E-state index contributed by atoms with van der Waals surface area (Å²) in [4.78, 5) is 41.9. The van der Waals surface area contributed by atoms with E-state index >= 15 is 0 Å². The van der Waals surface area contributed by atoms with E-state index in [-0.39, 0.29) is 23.8 Å². The second kappa shape index (κ2) is 10.5. The Morgan fingerprint density at radius 1 is 1.03 bits per heavy atom. The molecule has 2 aliphatic rings. The third kappa shape index (κ3) is 6.61. The van der Waals surface area contributed by atoms with Crippen LogP contribution in [0.25, 0.3) is 0 Å². The highest BCUT2D eigenvalue weighted by Crippen LogP contribution is 2.31. The Hall–Kier alpha value is -1.79. The molecule has 0 unspecified atom stereocenters. The highest BCUT2D eigenvalue weighted by molar-refractivity contribution is 5.91. The van der Waals surface area contributed by atoms with Crippen molar-refractivity contribution in [3.05, 3.63) is 0 Å². The lowest BCUT2D eigenvalue weighted by molar-refractivity contribution is -0.143. The zero-order chi connectivity index (χ0) is 22.4. The number of carbonyl (C=O) groups excluding carboxylic acids is 3. The molecule has 7 heteroatoms. The summed E-state index contributed by atoms with van der Waals surface area (Å²) < 4.78 is 5.44. The number of carbonyl (C=O) groups is 3. The van der Waals surface area contributed by atoms with Gasteiger partial charge in [-0.3, -0.25) is 9.59 Å². The van der Waals surface area contributed by atoms with Crippen LogP contribution in [0.5, 0.6) is 0 Å². The molecule has 1 aliphatic heterocycles. The summed E-state index contributed by atoms with van der Waals surface area (Å²) in [5, 5.41) is 3.16. The smallest absolute Gasteiger partial charge is 0.410 e. The van der Waals surface area contributed by atoms with Crippen LogP contribution in [-0.4, -0.2) is 65.0 Å². The minimum atomic E-state index is -0.738. The Bertz CT molecular complexity index is 596. The van der Waals surface area contributed by atoms with Crippen LogP contribution in [0.3, 0.4) is 0 Å². The summed E-state index contributed by atoms with van der Waals surface area (Å²) >= 11 is 0. The number of likely N-dealkylation sites (tertiary alicyclic amines) is 1. The molecule has 172 valence electrons. The Kier molecular flexibility index (Phi) is 8.56. The van der Waals surface area contributed by atoms with Crippen LogP contribution >= 0.6 is 0 Å². The summed E-state index contributed by atoms with van der Waals surface area (Å²) in [6.07, 6.45) is 6.21. The van der Waals surface area contributed by atoms with Gasteiger partial charge in [0.25, 0.3) is 0 Å². The first-order chi connectivity index (χ1) is 14.1. The summed E-state index contributed by atoms with van der Waals surface area (Å²) in [5.74, 6) is 0.265. The van der Waals surface area contributed by atoms with Gasteiger partial charge >= 0.3 is 6.09 Å². The molecule has 30 heavy (non-hydrogen) atoms. The summed E-state index contributed by atoms with van der Waals surface area (Å²) in [6, 6.07) is 0. The van der Waals surface area contributed by atoms with Gasteiger partial charge in [0.05, 0.1) is 0 Å². The first-order valence-electron chi connectivity index (χ1n) is 11.7. The number of ether oxygens (including phenoxy) is 1. The molecule has 0 spiro atoms. The largest absolute Gasteiger partial charge is 0.444 e. The average Bonchev–Trinajstić information content (AvgIpc) is 2.68. The molecular formula is C23H41N3O4. The number of hydrogen-bond donors (Lipinski definition) is 1. The van der Waals surface area contributed by atoms with Gasteiger partial charge in [-0.1, -0.05) is 19.3 Å². The van der Waals surface area contributed by atoms with Gasteiger partial charge in [0.1, 0.15) is 11.1 Å². The molecule has 1 saturated carbocycles. The monoisotopic (exact) mass is 423 g/mol. The average molecular weight is 424 g/mol. The third-order valence-corrected chi connectivity index (χ3v) is 6.29. The maximum atomic E-state index is 13.2. The molecule has 0 aromatic rings. The lowest BCUT2D eigenvalue weighted by Crippen LogP contribution is -2.60. The van der Waals surface area contributed by atoms with E-state index < -0.39 is 11.1 Å². The Morgan fingerprint density at radius 2 is 1.60 bits per heavy atom. The Labute approximate surface area is 181 Å². The normalized spacial score (nSPS) is 19.8. The minimum absolute atomic E-state index is 0.0341. The van der Waals surface area contributed by atoms with E-state index in [4.69, 9.17) is 4.74 Å². The van der Waals surface area contributed by atoms with E-state index in [1.807, 2.05) is 39.5 Å². The number of likely N-dealkylation sites (N-methyl/N-ethyl adjacent to an activating group) is 1. The first-order valence-corrected chi connectivity index (χ1v) is 11.7. The van der Waals surface area contributed by atoms with Crippen molar-refractivity contribution in [1.82, 2.24) is 15.1 Å². The van der Waals surface area contributed by atoms with E-state index in [2.05, 4.69) is 5.32 Å². The SMILES string of the molecule is CCN(CC)C(=O)C1(NC(=O)CC2CCN(C(=O)OC(C)(C)C)CC2)CCCCC1. The van der Waals surface area contributed by atoms with E-state index in [1.54, 1.807) is 4.90 Å². The lowest BCUT2D eigenvalue weighted by Gasteiger charge is -2.40. The fourth-order valence-electron chi connectivity index (χ4n) is 4.59. The topological polar surface area (TPSA) is 79.0 Å². The fourth-order valence-corrected chi connectivity index (χ4v) is 4.59. The highest BCUT2D eigenvalue weighted by Gasteiger charge is 2.43. The molecule has 7 nitrogen and oxygen atoms in total. The van der Waals surface area contributed by atoms with Crippen LogP contribution in [0.2, 0.25) is 0 Å². The summed E-state index contributed by atoms with van der Waals surface area (Å²) in [5.41, 5.74) is -1.24. The van der Waals surface area contributed by atoms with Crippen molar-refractivity contribution in [2.75, 3.05) is 26.2 Å². The van der Waals surface area contributed by atoms with Gasteiger partial charge in [0.2, 0.25) is 11.8 Å². The molecule has 0 atom stereocenters. The van der Waals surface area contributed by atoms with Crippen molar-refractivity contribution in [1.29, 1.82) is 0 Å². The molecule has 3 amide bonds. The zero-order valence-electron chi connectivity index (χ0n) is 19.6. The first kappa shape index (κ1) is 24.5. The van der Waals surface area contributed by atoms with Crippen molar-refractivity contribution in [3.63, 3.8) is 0 Å². The number of piperidine rings is 1. The van der Waals surface area contributed by atoms with Crippen LogP contribution in [0, 0.1) is 5.92 Å². The van der Waals surface area contributed by atoms with Crippen molar-refractivity contribution >= 4 is 17.9 Å². The number of hydrogen-bond acceptors (Lipinski definition) is 4. The van der Waals surface area contributed by atoms with Crippen LogP contribution in [0.1, 0.15) is 86.0 Å². The molecule has 2 fully saturated rings. The number of amides is 3. The van der Waals surface area contributed by atoms with Crippen molar-refractivity contribution in [2.45, 2.75) is 97.1 Å². The molecule has 1 N–H and O–H groups in total. The van der Waals surface area contributed by atoms with Gasteiger partial charge in [-0.05, 0) is 66.2 Å². The zero-order valence-corrected chi connectivity index (χ0v) is 19.6. The quantitative estimate of drug-likeness (QED) is 0.706. The highest BCUT2D eigenvalue weighted by atomic mass is 16.6.